The molecule has 1 aliphatic rings. The van der Waals surface area contributed by atoms with Crippen molar-refractivity contribution in [1.29, 1.82) is 5.26 Å². The smallest absolute Gasteiger partial charge is 0.142 e. The predicted molar refractivity (Wildman–Crippen MR) is 77.0 cm³/mol. The zero-order valence-corrected chi connectivity index (χ0v) is 11.0. The minimum absolute atomic E-state index is 0.174. The molecule has 0 aromatic heterocycles. The molecule has 1 unspecified atom stereocenters. The van der Waals surface area contributed by atoms with Gasteiger partial charge in [-0.05, 0) is 42.2 Å². The third-order valence-corrected chi connectivity index (χ3v) is 3.74. The third kappa shape index (κ3) is 2.08. The summed E-state index contributed by atoms with van der Waals surface area (Å²) in [5.41, 5.74) is 4.82. The molecular weight excluding hydrogens is 232 g/mol. The van der Waals surface area contributed by atoms with Gasteiger partial charge in [0.05, 0.1) is 6.07 Å². The highest BCUT2D eigenvalue weighted by Crippen LogP contribution is 2.33. The molecule has 2 aromatic carbocycles. The maximum atomic E-state index is 9.55. The van der Waals surface area contributed by atoms with E-state index in [2.05, 4.69) is 60.4 Å². The highest BCUT2D eigenvalue weighted by molar-refractivity contribution is 5.55. The van der Waals surface area contributed by atoms with E-state index >= 15 is 0 Å². The van der Waals surface area contributed by atoms with Crippen molar-refractivity contribution < 1.29 is 0 Å². The zero-order valence-electron chi connectivity index (χ0n) is 11.0. The Kier molecular flexibility index (Phi) is 2.97. The average Bonchev–Trinajstić information content (AvgIpc) is 2.46. The highest BCUT2D eigenvalue weighted by Gasteiger charge is 2.26. The molecule has 0 aliphatic carbocycles. The summed E-state index contributed by atoms with van der Waals surface area (Å²) in [6, 6.07) is 18.9. The molecule has 0 spiro atoms. The number of fused-ring (bicyclic) bond motifs is 1. The van der Waals surface area contributed by atoms with Crippen molar-refractivity contribution in [2.45, 2.75) is 19.4 Å². The number of rotatable bonds is 1. The first-order valence-corrected chi connectivity index (χ1v) is 6.60. The second kappa shape index (κ2) is 4.78. The lowest BCUT2D eigenvalue weighted by atomic mass is 9.93. The van der Waals surface area contributed by atoms with E-state index < -0.39 is 0 Å². The van der Waals surface area contributed by atoms with Gasteiger partial charge in [-0.15, -0.1) is 0 Å². The van der Waals surface area contributed by atoms with Crippen LogP contribution >= 0.6 is 0 Å². The summed E-state index contributed by atoms with van der Waals surface area (Å²) in [6.07, 6.45) is 1.00. The van der Waals surface area contributed by atoms with E-state index in [0.29, 0.717) is 0 Å². The molecule has 1 aliphatic heterocycles. The maximum absolute atomic E-state index is 9.55. The molecule has 0 radical (unpaired) electrons. The van der Waals surface area contributed by atoms with E-state index in [0.717, 1.165) is 24.2 Å². The molecule has 1 atom stereocenters. The molecular formula is C17H16N2. The Hall–Kier alpha value is -2.27. The van der Waals surface area contributed by atoms with Crippen LogP contribution in [0.1, 0.15) is 22.7 Å². The molecule has 0 saturated heterocycles. The predicted octanol–water partition coefficient (Wildman–Crippen LogP) is 3.62. The Morgan fingerprint density at radius 1 is 1.16 bits per heavy atom. The summed E-state index contributed by atoms with van der Waals surface area (Å²) in [7, 11) is 0. The topological polar surface area (TPSA) is 27.0 Å². The monoisotopic (exact) mass is 248 g/mol. The molecule has 19 heavy (non-hydrogen) atoms. The Bertz CT molecular complexity index is 640. The van der Waals surface area contributed by atoms with E-state index in [-0.39, 0.29) is 6.04 Å². The number of hydrogen-bond acceptors (Lipinski definition) is 2. The Balaban J connectivity index is 2.04. The summed E-state index contributed by atoms with van der Waals surface area (Å²) in [5.74, 6) is 0. The molecule has 2 nitrogen and oxygen atoms in total. The van der Waals surface area contributed by atoms with E-state index in [1.807, 2.05) is 6.07 Å². The van der Waals surface area contributed by atoms with Gasteiger partial charge in [0, 0.05) is 12.2 Å². The number of nitrogens with zero attached hydrogens (tertiary/aromatic N) is 2. The molecule has 1 heterocycles. The minimum atomic E-state index is -0.174. The van der Waals surface area contributed by atoms with Gasteiger partial charge in [-0.25, -0.2) is 0 Å². The van der Waals surface area contributed by atoms with Gasteiger partial charge in [0.15, 0.2) is 0 Å². The molecule has 94 valence electrons. The zero-order chi connectivity index (χ0) is 13.2. The summed E-state index contributed by atoms with van der Waals surface area (Å²) in [5, 5.41) is 9.55. The Morgan fingerprint density at radius 3 is 2.79 bits per heavy atom. The van der Waals surface area contributed by atoms with Gasteiger partial charge in [-0.1, -0.05) is 36.4 Å². The number of anilines is 1. The molecule has 2 heteroatoms. The van der Waals surface area contributed by atoms with Crippen LogP contribution in [0.5, 0.6) is 0 Å². The lowest BCUT2D eigenvalue weighted by Crippen LogP contribution is -2.34. The van der Waals surface area contributed by atoms with Gasteiger partial charge in [-0.3, -0.25) is 0 Å². The van der Waals surface area contributed by atoms with Crippen molar-refractivity contribution in [1.82, 2.24) is 0 Å². The summed E-state index contributed by atoms with van der Waals surface area (Å²) in [4.78, 5) is 2.20. The number of hydrogen-bond donors (Lipinski definition) is 0. The fourth-order valence-electron chi connectivity index (χ4n) is 2.79. The number of nitriles is 1. The molecule has 0 saturated carbocycles. The molecule has 0 bridgehead atoms. The van der Waals surface area contributed by atoms with Crippen molar-refractivity contribution in [2.75, 3.05) is 11.4 Å². The molecule has 0 fully saturated rings. The average molecular weight is 248 g/mol. The first-order chi connectivity index (χ1) is 9.29. The summed E-state index contributed by atoms with van der Waals surface area (Å²) >= 11 is 0. The second-order valence-electron chi connectivity index (χ2n) is 5.01. The van der Waals surface area contributed by atoms with Gasteiger partial charge in [-0.2, -0.15) is 5.26 Å². The van der Waals surface area contributed by atoms with Crippen LogP contribution < -0.4 is 4.90 Å². The maximum Gasteiger partial charge on any atom is 0.142 e. The van der Waals surface area contributed by atoms with Crippen molar-refractivity contribution in [3.8, 4) is 6.07 Å². The van der Waals surface area contributed by atoms with Crippen LogP contribution in [0.3, 0.4) is 0 Å². The van der Waals surface area contributed by atoms with Gasteiger partial charge in [0.2, 0.25) is 0 Å². The van der Waals surface area contributed by atoms with E-state index in [1.165, 1.54) is 11.1 Å². The fourth-order valence-corrected chi connectivity index (χ4v) is 2.79. The second-order valence-corrected chi connectivity index (χ2v) is 5.01. The number of benzene rings is 2. The number of aryl methyl sites for hydroxylation is 1. The van der Waals surface area contributed by atoms with Crippen LogP contribution in [0.25, 0.3) is 0 Å². The Labute approximate surface area is 113 Å². The van der Waals surface area contributed by atoms with Gasteiger partial charge in [0.25, 0.3) is 0 Å². The van der Waals surface area contributed by atoms with E-state index in [4.69, 9.17) is 0 Å². The van der Waals surface area contributed by atoms with E-state index in [9.17, 15) is 5.26 Å². The van der Waals surface area contributed by atoms with Crippen LogP contribution in [-0.4, -0.2) is 6.54 Å². The summed E-state index contributed by atoms with van der Waals surface area (Å²) < 4.78 is 0. The largest absolute Gasteiger partial charge is 0.352 e. The quantitative estimate of drug-likeness (QED) is 0.770. The van der Waals surface area contributed by atoms with Crippen molar-refractivity contribution >= 4 is 5.69 Å². The lowest BCUT2D eigenvalue weighted by molar-refractivity contribution is 0.676. The molecule has 3 rings (SSSR count). The molecule has 0 N–H and O–H groups in total. The van der Waals surface area contributed by atoms with Gasteiger partial charge >= 0.3 is 0 Å². The third-order valence-electron chi connectivity index (χ3n) is 3.74. The minimum Gasteiger partial charge on any atom is -0.352 e. The standard InChI is InChI=1S/C17H16N2/c1-13-5-4-7-15(11-13)19-10-9-14-6-2-3-8-16(14)17(19)12-18/h2-8,11,17H,9-10H2,1H3. The highest BCUT2D eigenvalue weighted by atomic mass is 15.2. The van der Waals surface area contributed by atoms with Crippen molar-refractivity contribution in [3.05, 3.63) is 65.2 Å². The lowest BCUT2D eigenvalue weighted by Gasteiger charge is -2.35. The van der Waals surface area contributed by atoms with E-state index in [1.54, 1.807) is 0 Å². The van der Waals surface area contributed by atoms with Gasteiger partial charge < -0.3 is 4.90 Å². The van der Waals surface area contributed by atoms with Crippen LogP contribution in [0.4, 0.5) is 5.69 Å². The first-order valence-electron chi connectivity index (χ1n) is 6.60. The van der Waals surface area contributed by atoms with Crippen molar-refractivity contribution in [2.24, 2.45) is 0 Å². The molecule has 2 aromatic rings. The van der Waals surface area contributed by atoms with Crippen LogP contribution in [0.15, 0.2) is 48.5 Å². The van der Waals surface area contributed by atoms with Gasteiger partial charge in [0.1, 0.15) is 6.04 Å². The Morgan fingerprint density at radius 2 is 2.00 bits per heavy atom. The normalized spacial score (nSPS) is 17.7. The first kappa shape index (κ1) is 11.8. The van der Waals surface area contributed by atoms with Crippen LogP contribution in [0, 0.1) is 18.3 Å². The summed E-state index contributed by atoms with van der Waals surface area (Å²) in [6.45, 7) is 2.99. The van der Waals surface area contributed by atoms with Crippen LogP contribution in [0.2, 0.25) is 0 Å². The van der Waals surface area contributed by atoms with Crippen molar-refractivity contribution in [3.63, 3.8) is 0 Å². The molecule has 0 amide bonds. The van der Waals surface area contributed by atoms with Crippen LogP contribution in [-0.2, 0) is 6.42 Å². The SMILES string of the molecule is Cc1cccc(N2CCc3ccccc3C2C#N)c1. The fraction of sp³-hybridized carbons (Fsp3) is 0.235.